The zero-order chi connectivity index (χ0) is 21.2. The predicted octanol–water partition coefficient (Wildman–Crippen LogP) is 3.44. The summed E-state index contributed by atoms with van der Waals surface area (Å²) in [5.41, 5.74) is 2.31. The molecule has 1 atom stereocenters. The number of amides is 1. The van der Waals surface area contributed by atoms with Gasteiger partial charge >= 0.3 is 0 Å². The number of aromatic nitrogens is 1. The number of fused-ring (bicyclic) bond motifs is 2. The van der Waals surface area contributed by atoms with Gasteiger partial charge in [-0.25, -0.2) is 0 Å². The summed E-state index contributed by atoms with van der Waals surface area (Å²) in [6.45, 7) is 2.38. The molecule has 1 saturated heterocycles. The highest BCUT2D eigenvalue weighted by Crippen LogP contribution is 2.31. The third-order valence-corrected chi connectivity index (χ3v) is 6.19. The van der Waals surface area contributed by atoms with E-state index in [0.717, 1.165) is 54.0 Å². The molecule has 6 heteroatoms. The van der Waals surface area contributed by atoms with Crippen LogP contribution in [-0.2, 0) is 6.42 Å². The monoisotopic (exact) mass is 417 g/mol. The van der Waals surface area contributed by atoms with E-state index in [-0.39, 0.29) is 18.1 Å². The van der Waals surface area contributed by atoms with Gasteiger partial charge in [0.15, 0.2) is 11.5 Å². The lowest BCUT2D eigenvalue weighted by Gasteiger charge is -2.32. The summed E-state index contributed by atoms with van der Waals surface area (Å²) in [4.78, 5) is 20.1. The lowest BCUT2D eigenvalue weighted by atomic mass is 10.0. The number of benzene rings is 2. The van der Waals surface area contributed by atoms with E-state index in [9.17, 15) is 4.79 Å². The van der Waals surface area contributed by atoms with Crippen molar-refractivity contribution >= 4 is 16.8 Å². The van der Waals surface area contributed by atoms with Crippen LogP contribution < -0.4 is 14.8 Å². The molecule has 160 valence electrons. The van der Waals surface area contributed by atoms with Gasteiger partial charge in [0, 0.05) is 30.6 Å². The van der Waals surface area contributed by atoms with Gasteiger partial charge in [0.25, 0.3) is 5.91 Å². The first-order chi connectivity index (χ1) is 15.2. The largest absolute Gasteiger partial charge is 0.486 e. The number of hydrogen-bond donors (Lipinski definition) is 1. The molecule has 31 heavy (non-hydrogen) atoms. The van der Waals surface area contributed by atoms with Crippen LogP contribution in [0.25, 0.3) is 10.9 Å². The van der Waals surface area contributed by atoms with Crippen molar-refractivity contribution in [2.24, 2.45) is 0 Å². The molecular formula is C25H27N3O3. The van der Waals surface area contributed by atoms with E-state index >= 15 is 0 Å². The van der Waals surface area contributed by atoms with Gasteiger partial charge in [-0.1, -0.05) is 30.3 Å². The van der Waals surface area contributed by atoms with Gasteiger partial charge in [-0.05, 0) is 50.2 Å². The molecule has 2 aliphatic rings. The molecule has 2 aliphatic heterocycles. The second-order valence-electron chi connectivity index (χ2n) is 8.28. The number of rotatable bonds is 4. The predicted molar refractivity (Wildman–Crippen MR) is 120 cm³/mol. The van der Waals surface area contributed by atoms with Gasteiger partial charge in [0.2, 0.25) is 0 Å². The number of hydrogen-bond acceptors (Lipinski definition) is 5. The molecule has 0 spiro atoms. The number of nitrogens with one attached hydrogen (secondary N) is 1. The van der Waals surface area contributed by atoms with Crippen LogP contribution >= 0.6 is 0 Å². The summed E-state index contributed by atoms with van der Waals surface area (Å²) in [6.07, 6.45) is 2.47. The maximum Gasteiger partial charge on any atom is 0.256 e. The van der Waals surface area contributed by atoms with Crippen molar-refractivity contribution in [1.29, 1.82) is 0 Å². The minimum absolute atomic E-state index is 0.0355. The number of para-hydroxylation sites is 3. The molecule has 3 aromatic rings. The maximum atomic E-state index is 13.3. The second kappa shape index (κ2) is 8.55. The molecule has 6 nitrogen and oxygen atoms in total. The molecule has 0 bridgehead atoms. The minimum Gasteiger partial charge on any atom is -0.486 e. The Morgan fingerprint density at radius 2 is 1.87 bits per heavy atom. The number of carbonyl (C=O) groups is 1. The van der Waals surface area contributed by atoms with E-state index < -0.39 is 0 Å². The standard InChI is InChI=1S/C25H27N3O3/c1-28(19-11-13-26-14-12-19)25(29)21-6-4-5-17-9-10-18(27-24(17)21)15-20-16-30-22-7-2-3-8-23(22)31-20/h2-10,19-20,26H,11-16H2,1H3. The Kier molecular flexibility index (Phi) is 5.47. The van der Waals surface area contributed by atoms with E-state index in [0.29, 0.717) is 18.6 Å². The lowest BCUT2D eigenvalue weighted by Crippen LogP contribution is -2.44. The maximum absolute atomic E-state index is 13.3. The van der Waals surface area contributed by atoms with Crippen LogP contribution in [0.2, 0.25) is 0 Å². The highest BCUT2D eigenvalue weighted by Gasteiger charge is 2.25. The molecule has 1 unspecified atom stereocenters. The summed E-state index contributed by atoms with van der Waals surface area (Å²) in [5, 5.41) is 4.33. The number of nitrogens with zero attached hydrogens (tertiary/aromatic N) is 2. The molecule has 2 aromatic carbocycles. The zero-order valence-corrected chi connectivity index (χ0v) is 17.7. The molecule has 0 saturated carbocycles. The molecule has 0 radical (unpaired) electrons. The fraction of sp³-hybridized carbons (Fsp3) is 0.360. The Hall–Kier alpha value is -3.12. The van der Waals surface area contributed by atoms with Crippen LogP contribution in [0, 0.1) is 0 Å². The normalized spacial score (nSPS) is 18.7. The number of ether oxygens (including phenoxy) is 2. The average Bonchev–Trinajstić information content (AvgIpc) is 2.83. The van der Waals surface area contributed by atoms with Crippen LogP contribution in [0.15, 0.2) is 54.6 Å². The smallest absolute Gasteiger partial charge is 0.256 e. The highest BCUT2D eigenvalue weighted by molar-refractivity contribution is 6.05. The Balaban J connectivity index is 1.38. The van der Waals surface area contributed by atoms with Crippen LogP contribution in [0.1, 0.15) is 28.9 Å². The Labute approximate surface area is 182 Å². The van der Waals surface area contributed by atoms with Crippen molar-refractivity contribution in [2.45, 2.75) is 31.4 Å². The number of carbonyl (C=O) groups excluding carboxylic acids is 1. The van der Waals surface area contributed by atoms with E-state index in [2.05, 4.69) is 5.32 Å². The first kappa shape index (κ1) is 19.8. The van der Waals surface area contributed by atoms with Gasteiger partial charge in [-0.15, -0.1) is 0 Å². The quantitative estimate of drug-likeness (QED) is 0.705. The first-order valence-electron chi connectivity index (χ1n) is 10.9. The minimum atomic E-state index is -0.111. The van der Waals surface area contributed by atoms with Crippen molar-refractivity contribution in [3.63, 3.8) is 0 Å². The van der Waals surface area contributed by atoms with E-state index in [1.807, 2.05) is 66.5 Å². The molecule has 3 heterocycles. The van der Waals surface area contributed by atoms with Gasteiger partial charge < -0.3 is 19.7 Å². The van der Waals surface area contributed by atoms with Crippen molar-refractivity contribution in [2.75, 3.05) is 26.7 Å². The zero-order valence-electron chi connectivity index (χ0n) is 17.7. The molecule has 1 fully saturated rings. The molecular weight excluding hydrogens is 390 g/mol. The fourth-order valence-corrected chi connectivity index (χ4v) is 4.42. The molecule has 1 aromatic heterocycles. The third kappa shape index (κ3) is 4.08. The average molecular weight is 418 g/mol. The van der Waals surface area contributed by atoms with Crippen LogP contribution in [-0.4, -0.2) is 54.7 Å². The molecule has 1 amide bonds. The second-order valence-corrected chi connectivity index (χ2v) is 8.28. The van der Waals surface area contributed by atoms with E-state index in [1.54, 1.807) is 0 Å². The summed E-state index contributed by atoms with van der Waals surface area (Å²) >= 11 is 0. The van der Waals surface area contributed by atoms with Crippen LogP contribution in [0.5, 0.6) is 11.5 Å². The summed E-state index contributed by atoms with van der Waals surface area (Å²) < 4.78 is 11.9. The molecule has 5 rings (SSSR count). The summed E-state index contributed by atoms with van der Waals surface area (Å²) in [7, 11) is 1.91. The summed E-state index contributed by atoms with van der Waals surface area (Å²) in [5.74, 6) is 1.58. The Bertz CT molecular complexity index is 1090. The first-order valence-corrected chi connectivity index (χ1v) is 10.9. The van der Waals surface area contributed by atoms with E-state index in [1.165, 1.54) is 0 Å². The SMILES string of the molecule is CN(C(=O)c1cccc2ccc(CC3COc4ccccc4O3)nc12)C1CCNCC1. The summed E-state index contributed by atoms with van der Waals surface area (Å²) in [6, 6.07) is 17.8. The van der Waals surface area contributed by atoms with E-state index in [4.69, 9.17) is 14.5 Å². The number of pyridine rings is 1. The molecule has 0 aliphatic carbocycles. The van der Waals surface area contributed by atoms with Gasteiger partial charge in [-0.2, -0.15) is 0 Å². The van der Waals surface area contributed by atoms with Crippen LogP contribution in [0.4, 0.5) is 0 Å². The van der Waals surface area contributed by atoms with Crippen molar-refractivity contribution in [3.05, 3.63) is 65.9 Å². The lowest BCUT2D eigenvalue weighted by molar-refractivity contribution is 0.0705. The van der Waals surface area contributed by atoms with Crippen LogP contribution in [0.3, 0.4) is 0 Å². The fourth-order valence-electron chi connectivity index (χ4n) is 4.42. The van der Waals surface area contributed by atoms with Gasteiger partial charge in [0.05, 0.1) is 11.1 Å². The Morgan fingerprint density at radius 3 is 2.71 bits per heavy atom. The van der Waals surface area contributed by atoms with Crippen molar-refractivity contribution in [3.8, 4) is 11.5 Å². The van der Waals surface area contributed by atoms with Crippen molar-refractivity contribution in [1.82, 2.24) is 15.2 Å². The topological polar surface area (TPSA) is 63.7 Å². The van der Waals surface area contributed by atoms with Crippen molar-refractivity contribution < 1.29 is 14.3 Å². The highest BCUT2D eigenvalue weighted by atomic mass is 16.6. The third-order valence-electron chi connectivity index (χ3n) is 6.19. The Morgan fingerprint density at radius 1 is 1.06 bits per heavy atom. The van der Waals surface area contributed by atoms with Gasteiger partial charge in [0.1, 0.15) is 12.7 Å². The van der Waals surface area contributed by atoms with Gasteiger partial charge in [-0.3, -0.25) is 9.78 Å². The molecule has 1 N–H and O–H groups in total. The number of piperidine rings is 1.